The Balaban J connectivity index is 2.15. The highest BCUT2D eigenvalue weighted by Crippen LogP contribution is 2.21. The molecule has 10 heteroatoms. The number of carbonyl (C=O) groups excluding carboxylic acids is 3. The van der Waals surface area contributed by atoms with Gasteiger partial charge in [0.1, 0.15) is 0 Å². The van der Waals surface area contributed by atoms with Crippen molar-refractivity contribution in [2.45, 2.75) is 43.6 Å². The van der Waals surface area contributed by atoms with Gasteiger partial charge in [0.05, 0.1) is 10.5 Å². The van der Waals surface area contributed by atoms with Crippen LogP contribution < -0.4 is 11.1 Å². The van der Waals surface area contributed by atoms with Crippen LogP contribution in [0.4, 0.5) is 4.79 Å². The lowest BCUT2D eigenvalue weighted by molar-refractivity contribution is -0.127. The number of sulfonamides is 1. The van der Waals surface area contributed by atoms with Crippen LogP contribution in [0.2, 0.25) is 0 Å². The topological polar surface area (TPSA) is 136 Å². The molecule has 0 bridgehead atoms. The van der Waals surface area contributed by atoms with Gasteiger partial charge in [0.25, 0.3) is 5.91 Å². The summed E-state index contributed by atoms with van der Waals surface area (Å²) in [6, 6.07) is 4.41. The lowest BCUT2D eigenvalue weighted by atomic mass is 10.2. The molecule has 1 atom stereocenters. The molecule has 148 valence electrons. The van der Waals surface area contributed by atoms with E-state index in [-0.39, 0.29) is 10.5 Å². The van der Waals surface area contributed by atoms with Crippen LogP contribution >= 0.6 is 0 Å². The van der Waals surface area contributed by atoms with E-state index in [0.717, 1.165) is 25.7 Å². The van der Waals surface area contributed by atoms with Crippen molar-refractivity contribution in [1.29, 1.82) is 0 Å². The van der Waals surface area contributed by atoms with Gasteiger partial charge < -0.3 is 10.5 Å². The predicted molar refractivity (Wildman–Crippen MR) is 96.3 cm³/mol. The Morgan fingerprint density at radius 3 is 2.37 bits per heavy atom. The van der Waals surface area contributed by atoms with Gasteiger partial charge in [-0.1, -0.05) is 18.9 Å². The number of hydrogen-bond donors (Lipinski definition) is 2. The van der Waals surface area contributed by atoms with Gasteiger partial charge >= 0.3 is 12.0 Å². The molecule has 3 amide bonds. The van der Waals surface area contributed by atoms with Crippen molar-refractivity contribution >= 4 is 27.9 Å². The van der Waals surface area contributed by atoms with Crippen molar-refractivity contribution in [3.05, 3.63) is 29.8 Å². The molecule has 0 saturated carbocycles. The predicted octanol–water partition coefficient (Wildman–Crippen LogP) is 0.991. The summed E-state index contributed by atoms with van der Waals surface area (Å²) in [5.74, 6) is -1.75. The van der Waals surface area contributed by atoms with Gasteiger partial charge in [-0.15, -0.1) is 0 Å². The summed E-state index contributed by atoms with van der Waals surface area (Å²) >= 11 is 0. The maximum atomic E-state index is 12.8. The molecule has 0 aromatic heterocycles. The van der Waals surface area contributed by atoms with E-state index in [0.29, 0.717) is 13.1 Å². The SMILES string of the molecule is C[C@H](OC(=O)c1cccc(S(=O)(=O)N2CCCCCC2)c1)C(=O)NC(N)=O. The Kier molecular flexibility index (Phi) is 6.92. The molecule has 2 rings (SSSR count). The first-order valence-corrected chi connectivity index (χ1v) is 10.1. The summed E-state index contributed by atoms with van der Waals surface area (Å²) in [6.07, 6.45) is 2.31. The molecular weight excluding hydrogens is 374 g/mol. The summed E-state index contributed by atoms with van der Waals surface area (Å²) in [4.78, 5) is 34.5. The first-order chi connectivity index (χ1) is 12.7. The molecule has 1 aromatic rings. The molecule has 1 heterocycles. The lowest BCUT2D eigenvalue weighted by Gasteiger charge is -2.20. The molecule has 0 aliphatic carbocycles. The number of primary amides is 1. The van der Waals surface area contributed by atoms with Crippen LogP contribution in [0.15, 0.2) is 29.2 Å². The number of nitrogens with one attached hydrogen (secondary N) is 1. The average molecular weight is 397 g/mol. The number of carbonyl (C=O) groups is 3. The van der Waals surface area contributed by atoms with Gasteiger partial charge in [0.2, 0.25) is 10.0 Å². The third-order valence-electron chi connectivity index (χ3n) is 4.17. The number of esters is 1. The summed E-state index contributed by atoms with van der Waals surface area (Å²) < 4.78 is 32.0. The van der Waals surface area contributed by atoms with E-state index in [4.69, 9.17) is 10.5 Å². The minimum absolute atomic E-state index is 0.00640. The van der Waals surface area contributed by atoms with Crippen LogP contribution in [0.5, 0.6) is 0 Å². The molecule has 1 fully saturated rings. The Hall–Kier alpha value is -2.46. The van der Waals surface area contributed by atoms with Gasteiger partial charge in [-0.05, 0) is 38.0 Å². The van der Waals surface area contributed by atoms with E-state index >= 15 is 0 Å². The van der Waals surface area contributed by atoms with Gasteiger partial charge in [-0.25, -0.2) is 18.0 Å². The number of nitrogens with zero attached hydrogens (tertiary/aromatic N) is 1. The first-order valence-electron chi connectivity index (χ1n) is 8.63. The third kappa shape index (κ3) is 5.51. The highest BCUT2D eigenvalue weighted by molar-refractivity contribution is 7.89. The van der Waals surface area contributed by atoms with Crippen LogP contribution in [-0.2, 0) is 19.6 Å². The smallest absolute Gasteiger partial charge is 0.338 e. The van der Waals surface area contributed by atoms with E-state index in [2.05, 4.69) is 0 Å². The van der Waals surface area contributed by atoms with Crippen LogP contribution in [0.25, 0.3) is 0 Å². The molecular formula is C17H23N3O6S. The Morgan fingerprint density at radius 2 is 1.78 bits per heavy atom. The monoisotopic (exact) mass is 397 g/mol. The Bertz CT molecular complexity index is 816. The highest BCUT2D eigenvalue weighted by atomic mass is 32.2. The fourth-order valence-corrected chi connectivity index (χ4v) is 4.28. The minimum Gasteiger partial charge on any atom is -0.449 e. The van der Waals surface area contributed by atoms with Crippen molar-refractivity contribution in [3.8, 4) is 0 Å². The second kappa shape index (κ2) is 8.96. The molecule has 9 nitrogen and oxygen atoms in total. The zero-order valence-electron chi connectivity index (χ0n) is 15.0. The summed E-state index contributed by atoms with van der Waals surface area (Å²) in [7, 11) is -3.72. The third-order valence-corrected chi connectivity index (χ3v) is 6.07. The van der Waals surface area contributed by atoms with E-state index in [1.807, 2.05) is 0 Å². The normalized spacial score (nSPS) is 16.8. The van der Waals surface area contributed by atoms with Crippen LogP contribution in [-0.4, -0.2) is 49.8 Å². The average Bonchev–Trinajstić information content (AvgIpc) is 2.91. The number of rotatable bonds is 5. The largest absolute Gasteiger partial charge is 0.449 e. The second-order valence-electron chi connectivity index (χ2n) is 6.25. The van der Waals surface area contributed by atoms with E-state index in [9.17, 15) is 22.8 Å². The quantitative estimate of drug-likeness (QED) is 0.711. The van der Waals surface area contributed by atoms with Gasteiger partial charge in [-0.3, -0.25) is 10.1 Å². The molecule has 1 aliphatic rings. The van der Waals surface area contributed by atoms with Crippen molar-refractivity contribution < 1.29 is 27.5 Å². The fourth-order valence-electron chi connectivity index (χ4n) is 2.72. The minimum atomic E-state index is -3.72. The molecule has 0 unspecified atom stereocenters. The fraction of sp³-hybridized carbons (Fsp3) is 0.471. The molecule has 0 radical (unpaired) electrons. The standard InChI is InChI=1S/C17H23N3O6S/c1-12(15(21)19-17(18)23)26-16(22)13-7-6-8-14(11-13)27(24,25)20-9-4-2-3-5-10-20/h6-8,11-12H,2-5,9-10H2,1H3,(H3,18,19,21,23)/t12-/m0/s1. The first kappa shape index (κ1) is 20.8. The highest BCUT2D eigenvalue weighted by Gasteiger charge is 2.26. The van der Waals surface area contributed by atoms with Gasteiger partial charge in [-0.2, -0.15) is 4.31 Å². The van der Waals surface area contributed by atoms with Crippen LogP contribution in [0.3, 0.4) is 0 Å². The molecule has 3 N–H and O–H groups in total. The number of imide groups is 1. The lowest BCUT2D eigenvalue weighted by Crippen LogP contribution is -2.42. The number of hydrogen-bond acceptors (Lipinski definition) is 6. The van der Waals surface area contributed by atoms with Crippen molar-refractivity contribution in [2.24, 2.45) is 5.73 Å². The molecule has 1 aliphatic heterocycles. The maximum Gasteiger partial charge on any atom is 0.338 e. The van der Waals surface area contributed by atoms with E-state index in [1.165, 1.54) is 35.5 Å². The Labute approximate surface area is 157 Å². The summed E-state index contributed by atoms with van der Waals surface area (Å²) in [5, 5.41) is 1.80. The molecule has 1 saturated heterocycles. The van der Waals surface area contributed by atoms with Crippen molar-refractivity contribution in [1.82, 2.24) is 9.62 Å². The number of nitrogens with two attached hydrogens (primary N) is 1. The van der Waals surface area contributed by atoms with Crippen LogP contribution in [0.1, 0.15) is 43.0 Å². The molecule has 1 aromatic carbocycles. The number of urea groups is 1. The van der Waals surface area contributed by atoms with Gasteiger partial charge in [0, 0.05) is 13.1 Å². The number of benzene rings is 1. The maximum absolute atomic E-state index is 12.8. The zero-order valence-corrected chi connectivity index (χ0v) is 15.8. The zero-order chi connectivity index (χ0) is 20.0. The molecule has 0 spiro atoms. The van der Waals surface area contributed by atoms with E-state index < -0.39 is 34.0 Å². The summed E-state index contributed by atoms with van der Waals surface area (Å²) in [5.41, 5.74) is 4.83. The van der Waals surface area contributed by atoms with Crippen molar-refractivity contribution in [3.63, 3.8) is 0 Å². The van der Waals surface area contributed by atoms with Crippen molar-refractivity contribution in [2.75, 3.05) is 13.1 Å². The second-order valence-corrected chi connectivity index (χ2v) is 8.19. The van der Waals surface area contributed by atoms with Gasteiger partial charge in [0.15, 0.2) is 6.10 Å². The van der Waals surface area contributed by atoms with E-state index in [1.54, 1.807) is 5.32 Å². The molecule has 27 heavy (non-hydrogen) atoms. The van der Waals surface area contributed by atoms with Crippen LogP contribution in [0, 0.1) is 0 Å². The number of amides is 3. The Morgan fingerprint density at radius 1 is 1.15 bits per heavy atom. The number of ether oxygens (including phenoxy) is 1. The summed E-state index contributed by atoms with van der Waals surface area (Å²) in [6.45, 7) is 2.16.